The number of fused-ring (bicyclic) bond motifs is 1. The van der Waals surface area contributed by atoms with Crippen LogP contribution in [0.5, 0.6) is 5.75 Å². The summed E-state index contributed by atoms with van der Waals surface area (Å²) in [5, 5.41) is 2.91. The number of amides is 1. The predicted molar refractivity (Wildman–Crippen MR) is 112 cm³/mol. The number of aromatic nitrogens is 1. The molecule has 0 spiro atoms. The van der Waals surface area contributed by atoms with Gasteiger partial charge in [-0.2, -0.15) is 0 Å². The van der Waals surface area contributed by atoms with Crippen molar-refractivity contribution in [2.24, 2.45) is 0 Å². The van der Waals surface area contributed by atoms with E-state index in [1.807, 2.05) is 49.4 Å². The highest BCUT2D eigenvalue weighted by molar-refractivity contribution is 6.04. The Kier molecular flexibility index (Phi) is 4.98. The summed E-state index contributed by atoms with van der Waals surface area (Å²) in [6, 6.07) is 19.9. The molecule has 3 aromatic rings. The largest absolute Gasteiger partial charge is 0.492 e. The molecule has 2 aromatic carbocycles. The van der Waals surface area contributed by atoms with Gasteiger partial charge in [0.05, 0.1) is 12.3 Å². The lowest BCUT2D eigenvalue weighted by Crippen LogP contribution is -2.24. The molecule has 0 saturated heterocycles. The van der Waals surface area contributed by atoms with Gasteiger partial charge in [-0.15, -0.1) is 0 Å². The Labute approximate surface area is 165 Å². The molecule has 142 valence electrons. The van der Waals surface area contributed by atoms with Gasteiger partial charge >= 0.3 is 0 Å². The SMILES string of the molecule is CCOc1ccccc1NC(=O)c1cc(N2c3ccccc3CC2C)ccn1. The van der Waals surface area contributed by atoms with Gasteiger partial charge in [-0.05, 0) is 56.2 Å². The van der Waals surface area contributed by atoms with E-state index in [4.69, 9.17) is 4.74 Å². The monoisotopic (exact) mass is 373 g/mol. The fraction of sp³-hybridized carbons (Fsp3) is 0.217. The van der Waals surface area contributed by atoms with Gasteiger partial charge in [-0.25, -0.2) is 0 Å². The number of para-hydroxylation sites is 3. The third kappa shape index (κ3) is 3.43. The van der Waals surface area contributed by atoms with E-state index in [2.05, 4.69) is 40.3 Å². The summed E-state index contributed by atoms with van der Waals surface area (Å²) in [4.78, 5) is 19.4. The third-order valence-electron chi connectivity index (χ3n) is 4.90. The van der Waals surface area contributed by atoms with Crippen molar-refractivity contribution in [3.05, 3.63) is 78.1 Å². The summed E-state index contributed by atoms with van der Waals surface area (Å²) in [5.41, 5.74) is 4.50. The van der Waals surface area contributed by atoms with E-state index in [0.717, 1.165) is 12.1 Å². The lowest BCUT2D eigenvalue weighted by molar-refractivity contribution is 0.102. The van der Waals surface area contributed by atoms with Crippen molar-refractivity contribution in [2.45, 2.75) is 26.3 Å². The van der Waals surface area contributed by atoms with Crippen molar-refractivity contribution in [3.8, 4) is 5.75 Å². The minimum absolute atomic E-state index is 0.255. The quantitative estimate of drug-likeness (QED) is 0.697. The molecule has 1 aliphatic heterocycles. The second-order valence-corrected chi connectivity index (χ2v) is 6.83. The molecule has 1 N–H and O–H groups in total. The fourth-order valence-electron chi connectivity index (χ4n) is 3.69. The Morgan fingerprint density at radius 3 is 2.82 bits per heavy atom. The lowest BCUT2D eigenvalue weighted by atomic mass is 10.1. The van der Waals surface area contributed by atoms with E-state index in [-0.39, 0.29) is 5.91 Å². The van der Waals surface area contributed by atoms with Crippen molar-refractivity contribution in [1.29, 1.82) is 0 Å². The van der Waals surface area contributed by atoms with Crippen molar-refractivity contribution in [3.63, 3.8) is 0 Å². The van der Waals surface area contributed by atoms with Crippen molar-refractivity contribution < 1.29 is 9.53 Å². The maximum atomic E-state index is 12.8. The standard InChI is InChI=1S/C23H23N3O2/c1-3-28-22-11-7-5-9-19(22)25-23(27)20-15-18(12-13-24-20)26-16(2)14-17-8-4-6-10-21(17)26/h4-13,15-16H,3,14H2,1-2H3,(H,25,27). The van der Waals surface area contributed by atoms with Crippen LogP contribution in [0.4, 0.5) is 17.1 Å². The second-order valence-electron chi connectivity index (χ2n) is 6.83. The molecular weight excluding hydrogens is 350 g/mol. The fourth-order valence-corrected chi connectivity index (χ4v) is 3.69. The highest BCUT2D eigenvalue weighted by Crippen LogP contribution is 2.38. The average molecular weight is 373 g/mol. The molecule has 5 nitrogen and oxygen atoms in total. The van der Waals surface area contributed by atoms with Gasteiger partial charge in [-0.3, -0.25) is 9.78 Å². The molecule has 5 heteroatoms. The summed E-state index contributed by atoms with van der Waals surface area (Å²) in [5.74, 6) is 0.394. The number of hydrogen-bond acceptors (Lipinski definition) is 4. The zero-order valence-electron chi connectivity index (χ0n) is 16.1. The summed E-state index contributed by atoms with van der Waals surface area (Å²) in [7, 11) is 0. The van der Waals surface area contributed by atoms with Gasteiger partial charge in [0.15, 0.2) is 0 Å². The number of anilines is 3. The van der Waals surface area contributed by atoms with Crippen LogP contribution in [0.3, 0.4) is 0 Å². The number of pyridine rings is 1. The third-order valence-corrected chi connectivity index (χ3v) is 4.90. The minimum Gasteiger partial charge on any atom is -0.492 e. The van der Waals surface area contributed by atoms with Crippen LogP contribution in [-0.2, 0) is 6.42 Å². The number of carbonyl (C=O) groups is 1. The predicted octanol–water partition coefficient (Wildman–Crippen LogP) is 4.82. The number of nitrogens with one attached hydrogen (secondary N) is 1. The van der Waals surface area contributed by atoms with Gasteiger partial charge in [0.25, 0.3) is 5.91 Å². The van der Waals surface area contributed by atoms with Crippen LogP contribution < -0.4 is 15.0 Å². The van der Waals surface area contributed by atoms with Crippen LogP contribution in [-0.4, -0.2) is 23.5 Å². The maximum Gasteiger partial charge on any atom is 0.274 e. The molecule has 1 unspecified atom stereocenters. The Hall–Kier alpha value is -3.34. The van der Waals surface area contributed by atoms with Gasteiger partial charge in [0.2, 0.25) is 0 Å². The van der Waals surface area contributed by atoms with E-state index < -0.39 is 0 Å². The summed E-state index contributed by atoms with van der Waals surface area (Å²) >= 11 is 0. The van der Waals surface area contributed by atoms with E-state index in [9.17, 15) is 4.79 Å². The van der Waals surface area contributed by atoms with Gasteiger partial charge < -0.3 is 15.0 Å². The molecule has 1 aliphatic rings. The highest BCUT2D eigenvalue weighted by atomic mass is 16.5. The number of carbonyl (C=O) groups excluding carboxylic acids is 1. The number of ether oxygens (including phenoxy) is 1. The first-order valence-corrected chi connectivity index (χ1v) is 9.53. The zero-order valence-corrected chi connectivity index (χ0v) is 16.1. The van der Waals surface area contributed by atoms with Crippen LogP contribution in [0.15, 0.2) is 66.9 Å². The normalized spacial score (nSPS) is 15.2. The van der Waals surface area contributed by atoms with Crippen LogP contribution in [0, 0.1) is 0 Å². The minimum atomic E-state index is -0.255. The molecule has 2 heterocycles. The van der Waals surface area contributed by atoms with Crippen LogP contribution in [0.2, 0.25) is 0 Å². The van der Waals surface area contributed by atoms with E-state index in [0.29, 0.717) is 29.8 Å². The van der Waals surface area contributed by atoms with Gasteiger partial charge in [-0.1, -0.05) is 30.3 Å². The van der Waals surface area contributed by atoms with Crippen molar-refractivity contribution in [1.82, 2.24) is 4.98 Å². The zero-order chi connectivity index (χ0) is 19.5. The topological polar surface area (TPSA) is 54.5 Å². The Morgan fingerprint density at radius 1 is 1.18 bits per heavy atom. The smallest absolute Gasteiger partial charge is 0.274 e. The van der Waals surface area contributed by atoms with E-state index in [1.165, 1.54) is 11.3 Å². The molecule has 0 aliphatic carbocycles. The average Bonchev–Trinajstić information content (AvgIpc) is 3.05. The first-order valence-electron chi connectivity index (χ1n) is 9.53. The Balaban J connectivity index is 1.60. The molecule has 0 saturated carbocycles. The molecule has 4 rings (SSSR count). The molecule has 0 fully saturated rings. The van der Waals surface area contributed by atoms with E-state index in [1.54, 1.807) is 6.20 Å². The van der Waals surface area contributed by atoms with Crippen molar-refractivity contribution in [2.75, 3.05) is 16.8 Å². The highest BCUT2D eigenvalue weighted by Gasteiger charge is 2.27. The molecule has 1 atom stereocenters. The van der Waals surface area contributed by atoms with Crippen LogP contribution in [0.1, 0.15) is 29.9 Å². The van der Waals surface area contributed by atoms with Gasteiger partial charge in [0.1, 0.15) is 11.4 Å². The number of nitrogens with zero attached hydrogens (tertiary/aromatic N) is 2. The number of benzene rings is 2. The summed E-state index contributed by atoms with van der Waals surface area (Å²) in [6.07, 6.45) is 2.67. The lowest BCUT2D eigenvalue weighted by Gasteiger charge is -2.25. The summed E-state index contributed by atoms with van der Waals surface area (Å²) in [6.45, 7) is 4.64. The first-order chi connectivity index (χ1) is 13.7. The summed E-state index contributed by atoms with van der Waals surface area (Å²) < 4.78 is 5.59. The molecule has 0 radical (unpaired) electrons. The Morgan fingerprint density at radius 2 is 1.96 bits per heavy atom. The van der Waals surface area contributed by atoms with Crippen molar-refractivity contribution >= 4 is 23.0 Å². The Bertz CT molecular complexity index is 1000. The molecule has 1 aromatic heterocycles. The second kappa shape index (κ2) is 7.72. The van der Waals surface area contributed by atoms with Crippen LogP contribution >= 0.6 is 0 Å². The number of hydrogen-bond donors (Lipinski definition) is 1. The number of rotatable bonds is 5. The molecule has 1 amide bonds. The van der Waals surface area contributed by atoms with Crippen LogP contribution in [0.25, 0.3) is 0 Å². The molecule has 0 bridgehead atoms. The maximum absolute atomic E-state index is 12.8. The molecule has 28 heavy (non-hydrogen) atoms. The first kappa shape index (κ1) is 18.0. The van der Waals surface area contributed by atoms with Gasteiger partial charge in [0, 0.05) is 23.6 Å². The molecular formula is C23H23N3O2. The van der Waals surface area contributed by atoms with E-state index >= 15 is 0 Å².